The summed E-state index contributed by atoms with van der Waals surface area (Å²) >= 11 is 0. The molecule has 192 valence electrons. The van der Waals surface area contributed by atoms with E-state index in [1.165, 1.54) is 5.57 Å². The Balaban J connectivity index is 1.30. The molecule has 2 bridgehead atoms. The number of rotatable bonds is 2. The van der Waals surface area contributed by atoms with E-state index in [9.17, 15) is 10.2 Å². The van der Waals surface area contributed by atoms with Crippen molar-refractivity contribution < 1.29 is 19.3 Å². The van der Waals surface area contributed by atoms with Crippen LogP contribution in [0.5, 0.6) is 0 Å². The van der Waals surface area contributed by atoms with Crippen molar-refractivity contribution in [3.63, 3.8) is 0 Å². The molecule has 0 amide bonds. The second-order valence-corrected chi connectivity index (χ2v) is 12.3. The summed E-state index contributed by atoms with van der Waals surface area (Å²) in [5.41, 5.74) is 6.63. The van der Waals surface area contributed by atoms with E-state index < -0.39 is 29.1 Å². The van der Waals surface area contributed by atoms with Gasteiger partial charge < -0.3 is 25.6 Å². The number of nitrogen functional groups attached to an aromatic ring is 1. The van der Waals surface area contributed by atoms with E-state index in [4.69, 9.17) is 10.5 Å². The number of alkyl halides is 1. The fourth-order valence-electron chi connectivity index (χ4n) is 8.63. The topological polar surface area (TPSA) is 108 Å². The van der Waals surface area contributed by atoms with Crippen LogP contribution in [-0.4, -0.2) is 74.5 Å². The van der Waals surface area contributed by atoms with Crippen molar-refractivity contribution in [3.8, 4) is 0 Å². The number of allylic oxidation sites excluding steroid dienone is 3. The Morgan fingerprint density at radius 1 is 1.22 bits per heavy atom. The van der Waals surface area contributed by atoms with Crippen LogP contribution in [-0.2, 0) is 4.74 Å². The lowest BCUT2D eigenvalue weighted by Gasteiger charge is -2.61. The molecule has 3 heterocycles. The number of aliphatic hydroxyl groups excluding tert-OH is 2. The van der Waals surface area contributed by atoms with Crippen molar-refractivity contribution in [1.29, 1.82) is 0 Å². The highest BCUT2D eigenvalue weighted by atomic mass is 19.1. The number of benzene rings is 1. The normalized spacial score (nSPS) is 45.3. The molecule has 2 saturated heterocycles. The molecule has 5 aliphatic rings. The van der Waals surface area contributed by atoms with Crippen LogP contribution in [0.25, 0.3) is 16.5 Å². The molecule has 2 aliphatic heterocycles. The number of hydrogen-bond acceptors (Lipinski definition) is 6. The van der Waals surface area contributed by atoms with E-state index in [-0.39, 0.29) is 23.8 Å². The summed E-state index contributed by atoms with van der Waals surface area (Å²) in [4.78, 5) is 1.89. The van der Waals surface area contributed by atoms with Gasteiger partial charge in [-0.25, -0.2) is 4.39 Å². The van der Waals surface area contributed by atoms with Crippen molar-refractivity contribution in [2.24, 2.45) is 11.3 Å². The molecule has 3 aliphatic carbocycles. The van der Waals surface area contributed by atoms with Gasteiger partial charge in [0.2, 0.25) is 0 Å². The number of nitrogens with one attached hydrogen (secondary N) is 1. The van der Waals surface area contributed by atoms with Gasteiger partial charge in [0.05, 0.1) is 17.2 Å². The number of halogens is 1. The molecular weight excluding hydrogens is 459 g/mol. The van der Waals surface area contributed by atoms with Crippen molar-refractivity contribution in [2.45, 2.75) is 80.6 Å². The van der Waals surface area contributed by atoms with Crippen LogP contribution in [0.4, 0.5) is 10.2 Å². The Kier molecular flexibility index (Phi) is 4.44. The van der Waals surface area contributed by atoms with Gasteiger partial charge in [0.25, 0.3) is 0 Å². The molecule has 3 fully saturated rings. The minimum atomic E-state index is -1.99. The first-order valence-corrected chi connectivity index (χ1v) is 13.1. The molecule has 7 nitrogen and oxygen atoms in total. The highest BCUT2D eigenvalue weighted by molar-refractivity contribution is 5.92. The average molecular weight is 495 g/mol. The van der Waals surface area contributed by atoms with Gasteiger partial charge in [-0.2, -0.15) is 5.10 Å². The molecule has 2 spiro atoms. The Morgan fingerprint density at radius 3 is 2.81 bits per heavy atom. The summed E-state index contributed by atoms with van der Waals surface area (Å²) in [7, 11) is 3.74. The number of likely N-dealkylation sites (N-methyl/N-ethyl adjacent to an activating group) is 1. The molecule has 8 atom stereocenters. The molecule has 1 aromatic heterocycles. The first kappa shape index (κ1) is 22.9. The van der Waals surface area contributed by atoms with Crippen LogP contribution in [0.15, 0.2) is 35.9 Å². The van der Waals surface area contributed by atoms with Gasteiger partial charge in [0, 0.05) is 29.2 Å². The van der Waals surface area contributed by atoms with E-state index >= 15 is 4.39 Å². The maximum Gasteiger partial charge on any atom is 0.171 e. The molecule has 8 heteroatoms. The van der Waals surface area contributed by atoms with Gasteiger partial charge in [0.1, 0.15) is 11.7 Å². The number of fused-ring (bicyclic) bond motifs is 2. The first-order chi connectivity index (χ1) is 17.0. The summed E-state index contributed by atoms with van der Waals surface area (Å²) < 4.78 is 23.9. The molecule has 7 rings (SSSR count). The molecule has 2 unspecified atom stereocenters. The number of aromatic amines is 1. The summed E-state index contributed by atoms with van der Waals surface area (Å²) in [5.74, 6) is 0.681. The lowest BCUT2D eigenvalue weighted by Crippen LogP contribution is -2.73. The zero-order valence-electron chi connectivity index (χ0n) is 21.1. The number of aromatic nitrogens is 2. The molecule has 2 aromatic rings. The average Bonchev–Trinajstić information content (AvgIpc) is 3.51. The van der Waals surface area contributed by atoms with Gasteiger partial charge in [-0.15, -0.1) is 0 Å². The third kappa shape index (κ3) is 2.54. The zero-order valence-corrected chi connectivity index (χ0v) is 21.1. The third-order valence-electron chi connectivity index (χ3n) is 10.6. The second kappa shape index (κ2) is 6.98. The predicted octanol–water partition coefficient (Wildman–Crippen LogP) is 3.34. The van der Waals surface area contributed by atoms with E-state index in [0.717, 1.165) is 41.3 Å². The highest BCUT2D eigenvalue weighted by Gasteiger charge is 2.76. The quantitative estimate of drug-likeness (QED) is 0.477. The minimum absolute atomic E-state index is 0.130. The number of nitrogens with two attached hydrogens (primary N) is 1. The second-order valence-electron chi connectivity index (χ2n) is 12.3. The van der Waals surface area contributed by atoms with Crippen LogP contribution in [0.1, 0.15) is 51.0 Å². The van der Waals surface area contributed by atoms with Crippen LogP contribution in [0.3, 0.4) is 0 Å². The fourth-order valence-corrected chi connectivity index (χ4v) is 8.63. The number of ether oxygens (including phenoxy) is 1. The third-order valence-corrected chi connectivity index (χ3v) is 10.6. The molecular formula is C28H35FN4O3. The van der Waals surface area contributed by atoms with E-state index in [0.29, 0.717) is 18.7 Å². The molecule has 5 N–H and O–H groups in total. The summed E-state index contributed by atoms with van der Waals surface area (Å²) in [6.07, 6.45) is 5.33. The van der Waals surface area contributed by atoms with E-state index in [1.807, 2.05) is 25.1 Å². The van der Waals surface area contributed by atoms with Gasteiger partial charge in [-0.05, 0) is 75.0 Å². The standard InChI is InChI=1S/C28H35FN4O3/c1-25-9-8-16-13-28(29)23(35)22(34)20(33(2)3)14-26(28)10-11-27(16,36-26)21(25)7-5-18(25)15-4-6-19-17(12-15)24(30)32-31-19/h4-6,8,12,20-23,34-35H,7,9-11,13-14H2,1-3H3,(H3,30,31,32)/t20-,21?,22+,23-,25+,26+,27+,28?/m0/s1. The van der Waals surface area contributed by atoms with E-state index in [2.05, 4.69) is 41.4 Å². The highest BCUT2D eigenvalue weighted by Crippen LogP contribution is 2.70. The Bertz CT molecular complexity index is 1340. The van der Waals surface area contributed by atoms with E-state index in [1.54, 1.807) is 0 Å². The van der Waals surface area contributed by atoms with Gasteiger partial charge >= 0.3 is 0 Å². The molecule has 1 saturated carbocycles. The molecule has 0 radical (unpaired) electrons. The number of H-pyrrole nitrogens is 1. The van der Waals surface area contributed by atoms with Gasteiger partial charge in [0.15, 0.2) is 11.5 Å². The smallest absolute Gasteiger partial charge is 0.171 e. The lowest BCUT2D eigenvalue weighted by molar-refractivity contribution is -0.282. The molecule has 1 aromatic carbocycles. The van der Waals surface area contributed by atoms with Crippen molar-refractivity contribution in [3.05, 3.63) is 41.5 Å². The summed E-state index contributed by atoms with van der Waals surface area (Å²) in [6.45, 7) is 2.31. The lowest BCUT2D eigenvalue weighted by atomic mass is 9.56. The van der Waals surface area contributed by atoms with Crippen molar-refractivity contribution in [2.75, 3.05) is 19.8 Å². The predicted molar refractivity (Wildman–Crippen MR) is 136 cm³/mol. The number of anilines is 1. The summed E-state index contributed by atoms with van der Waals surface area (Å²) in [5, 5.41) is 30.0. The number of hydrogen-bond donors (Lipinski definition) is 4. The van der Waals surface area contributed by atoms with Crippen molar-refractivity contribution >= 4 is 22.3 Å². The monoisotopic (exact) mass is 494 g/mol. The van der Waals surface area contributed by atoms with Crippen LogP contribution in [0.2, 0.25) is 0 Å². The largest absolute Gasteiger partial charge is 0.389 e. The van der Waals surface area contributed by atoms with Crippen LogP contribution >= 0.6 is 0 Å². The zero-order chi connectivity index (χ0) is 25.3. The fraction of sp³-hybridized carbons (Fsp3) is 0.607. The maximum atomic E-state index is 16.9. The number of aliphatic hydroxyl groups is 2. The minimum Gasteiger partial charge on any atom is -0.389 e. The summed E-state index contributed by atoms with van der Waals surface area (Å²) in [6, 6.07) is 5.92. The van der Waals surface area contributed by atoms with Crippen LogP contribution < -0.4 is 5.73 Å². The molecule has 36 heavy (non-hydrogen) atoms. The van der Waals surface area contributed by atoms with Gasteiger partial charge in [-0.1, -0.05) is 25.1 Å². The van der Waals surface area contributed by atoms with Crippen LogP contribution in [0, 0.1) is 11.3 Å². The Morgan fingerprint density at radius 2 is 2.03 bits per heavy atom. The maximum absolute atomic E-state index is 16.9. The van der Waals surface area contributed by atoms with Crippen molar-refractivity contribution in [1.82, 2.24) is 15.1 Å². The Labute approximate surface area is 210 Å². The first-order valence-electron chi connectivity index (χ1n) is 13.1. The number of nitrogens with zero attached hydrogens (tertiary/aromatic N) is 2. The SMILES string of the molecule is CN(C)[C@H]1C[C@@]23CC[C@@]4(O2)C(=CC[C@]2(C)C(c5ccc6[nH]nc(N)c6c5)=CCC24)CC3(F)[C@@H](O)[C@@H]1O. The Hall–Kier alpha value is -2.26. The van der Waals surface area contributed by atoms with Gasteiger partial charge in [-0.3, -0.25) is 5.10 Å².